The Morgan fingerprint density at radius 3 is 2.69 bits per heavy atom. The zero-order chi connectivity index (χ0) is 10.8. The Hall–Kier alpha value is -0.380. The maximum atomic E-state index is 5.85. The topological polar surface area (TPSA) is 21.3 Å². The van der Waals surface area contributed by atoms with Crippen LogP contribution in [0.15, 0.2) is 17.5 Å². The molecule has 3 rings (SSSR count). The van der Waals surface area contributed by atoms with Gasteiger partial charge in [-0.05, 0) is 43.0 Å². The molecule has 1 atom stereocenters. The minimum atomic E-state index is 0.445. The van der Waals surface area contributed by atoms with Crippen molar-refractivity contribution in [1.82, 2.24) is 5.48 Å². The predicted octanol–water partition coefficient (Wildman–Crippen LogP) is 3.66. The van der Waals surface area contributed by atoms with Crippen molar-refractivity contribution in [2.45, 2.75) is 50.7 Å². The normalized spacial score (nSPS) is 23.8. The van der Waals surface area contributed by atoms with Gasteiger partial charge in [0.15, 0.2) is 0 Å². The Kier molecular flexibility index (Phi) is 3.27. The number of hydrogen-bond acceptors (Lipinski definition) is 3. The molecular weight excluding hydrogens is 218 g/mol. The van der Waals surface area contributed by atoms with E-state index < -0.39 is 0 Å². The Morgan fingerprint density at radius 2 is 2.06 bits per heavy atom. The first kappa shape index (κ1) is 10.8. The molecule has 0 bridgehead atoms. The summed E-state index contributed by atoms with van der Waals surface area (Å²) in [6.45, 7) is 0. The zero-order valence-corrected chi connectivity index (χ0v) is 10.3. The summed E-state index contributed by atoms with van der Waals surface area (Å²) in [5, 5.41) is 2.15. The molecule has 2 fully saturated rings. The third-order valence-electron chi connectivity index (χ3n) is 3.61. The van der Waals surface area contributed by atoms with Crippen LogP contribution in [0.25, 0.3) is 0 Å². The molecular formula is C13H19NOS. The number of nitrogens with one attached hydrogen (secondary N) is 1. The fourth-order valence-electron chi connectivity index (χ4n) is 2.46. The second-order valence-electron chi connectivity index (χ2n) is 4.97. The van der Waals surface area contributed by atoms with Crippen molar-refractivity contribution in [2.75, 3.05) is 0 Å². The third-order valence-corrected chi connectivity index (χ3v) is 4.56. The van der Waals surface area contributed by atoms with E-state index in [1.54, 1.807) is 0 Å². The molecule has 2 nitrogen and oxygen atoms in total. The average molecular weight is 237 g/mol. The number of hydroxylamine groups is 1. The Bertz CT molecular complexity index is 315. The molecule has 0 aliphatic heterocycles. The lowest BCUT2D eigenvalue weighted by atomic mass is 10.1. The highest BCUT2D eigenvalue weighted by Gasteiger charge is 2.33. The lowest BCUT2D eigenvalue weighted by molar-refractivity contribution is -0.0442. The van der Waals surface area contributed by atoms with Crippen molar-refractivity contribution in [2.24, 2.45) is 5.92 Å². The van der Waals surface area contributed by atoms with Crippen molar-refractivity contribution in [3.05, 3.63) is 22.4 Å². The van der Waals surface area contributed by atoms with Gasteiger partial charge in [0, 0.05) is 4.88 Å². The summed E-state index contributed by atoms with van der Waals surface area (Å²) in [4.78, 5) is 7.28. The first-order chi connectivity index (χ1) is 7.93. The molecule has 2 saturated carbocycles. The molecule has 88 valence electrons. The van der Waals surface area contributed by atoms with Crippen LogP contribution in [0.4, 0.5) is 0 Å². The van der Waals surface area contributed by atoms with E-state index in [4.69, 9.17) is 4.84 Å². The van der Waals surface area contributed by atoms with Crippen molar-refractivity contribution in [3.63, 3.8) is 0 Å². The molecule has 1 N–H and O–H groups in total. The number of hydrogen-bond donors (Lipinski definition) is 1. The molecule has 0 radical (unpaired) electrons. The van der Waals surface area contributed by atoms with Crippen LogP contribution in [0.5, 0.6) is 0 Å². The molecule has 0 saturated heterocycles. The minimum Gasteiger partial charge on any atom is -0.298 e. The van der Waals surface area contributed by atoms with Crippen molar-refractivity contribution < 1.29 is 4.84 Å². The van der Waals surface area contributed by atoms with E-state index in [1.165, 1.54) is 43.4 Å². The smallest absolute Gasteiger partial charge is 0.0790 e. The van der Waals surface area contributed by atoms with Gasteiger partial charge in [-0.1, -0.05) is 18.9 Å². The monoisotopic (exact) mass is 237 g/mol. The van der Waals surface area contributed by atoms with E-state index in [9.17, 15) is 0 Å². The fourth-order valence-corrected chi connectivity index (χ4v) is 3.32. The first-order valence-electron chi connectivity index (χ1n) is 6.38. The fraction of sp³-hybridized carbons (Fsp3) is 0.692. The number of thiophene rings is 1. The lowest BCUT2D eigenvalue weighted by Gasteiger charge is -2.19. The van der Waals surface area contributed by atoms with Crippen molar-refractivity contribution in [3.8, 4) is 0 Å². The maximum Gasteiger partial charge on any atom is 0.0790 e. The second-order valence-corrected chi connectivity index (χ2v) is 5.95. The minimum absolute atomic E-state index is 0.445. The van der Waals surface area contributed by atoms with Crippen LogP contribution in [0.1, 0.15) is 49.4 Å². The average Bonchev–Trinajstić information content (AvgIpc) is 2.83. The van der Waals surface area contributed by atoms with Gasteiger partial charge in [0.05, 0.1) is 12.1 Å². The molecule has 1 heterocycles. The van der Waals surface area contributed by atoms with Gasteiger partial charge < -0.3 is 0 Å². The molecule has 1 aromatic rings. The van der Waals surface area contributed by atoms with Gasteiger partial charge in [-0.25, -0.2) is 0 Å². The Labute approximate surface area is 101 Å². The molecule has 2 aliphatic carbocycles. The standard InChI is InChI=1S/C13H19NOS/c1-2-5-11(4-1)15-14-13(10-7-8-10)12-6-3-9-16-12/h3,6,9-11,13-14H,1-2,4-5,7-8H2. The molecule has 3 heteroatoms. The van der Waals surface area contributed by atoms with Crippen LogP contribution in [0, 0.1) is 5.92 Å². The van der Waals surface area contributed by atoms with Crippen LogP contribution in [0.3, 0.4) is 0 Å². The summed E-state index contributed by atoms with van der Waals surface area (Å²) in [5.74, 6) is 0.806. The summed E-state index contributed by atoms with van der Waals surface area (Å²) in [7, 11) is 0. The highest BCUT2D eigenvalue weighted by molar-refractivity contribution is 7.10. The van der Waals surface area contributed by atoms with Crippen molar-refractivity contribution in [1.29, 1.82) is 0 Å². The zero-order valence-electron chi connectivity index (χ0n) is 9.52. The van der Waals surface area contributed by atoms with Gasteiger partial charge in [0.25, 0.3) is 0 Å². The Balaban J connectivity index is 1.57. The van der Waals surface area contributed by atoms with E-state index in [-0.39, 0.29) is 0 Å². The van der Waals surface area contributed by atoms with Crippen LogP contribution in [-0.2, 0) is 4.84 Å². The number of rotatable bonds is 5. The highest BCUT2D eigenvalue weighted by Crippen LogP contribution is 2.42. The van der Waals surface area contributed by atoms with Gasteiger partial charge in [0.1, 0.15) is 0 Å². The first-order valence-corrected chi connectivity index (χ1v) is 7.26. The van der Waals surface area contributed by atoms with E-state index >= 15 is 0 Å². The predicted molar refractivity (Wildman–Crippen MR) is 66.3 cm³/mol. The highest BCUT2D eigenvalue weighted by atomic mass is 32.1. The molecule has 1 unspecified atom stereocenters. The van der Waals surface area contributed by atoms with Gasteiger partial charge in [-0.3, -0.25) is 4.84 Å². The van der Waals surface area contributed by atoms with Gasteiger partial charge in [0.2, 0.25) is 0 Å². The summed E-state index contributed by atoms with van der Waals surface area (Å²) in [5.41, 5.74) is 3.34. The van der Waals surface area contributed by atoms with E-state index in [0.29, 0.717) is 12.1 Å². The van der Waals surface area contributed by atoms with Crippen molar-refractivity contribution >= 4 is 11.3 Å². The Morgan fingerprint density at radius 1 is 1.25 bits per heavy atom. The van der Waals surface area contributed by atoms with Crippen LogP contribution >= 0.6 is 11.3 Å². The summed E-state index contributed by atoms with van der Waals surface area (Å²) in [6, 6.07) is 4.80. The second kappa shape index (κ2) is 4.86. The maximum absolute atomic E-state index is 5.85. The summed E-state index contributed by atoms with van der Waals surface area (Å²) >= 11 is 1.84. The molecule has 2 aliphatic rings. The molecule has 16 heavy (non-hydrogen) atoms. The summed E-state index contributed by atoms with van der Waals surface area (Å²) in [6.07, 6.45) is 8.29. The quantitative estimate of drug-likeness (QED) is 0.789. The van der Waals surface area contributed by atoms with E-state index in [2.05, 4.69) is 23.0 Å². The van der Waals surface area contributed by atoms with E-state index in [1.807, 2.05) is 11.3 Å². The molecule has 0 amide bonds. The molecule has 0 aromatic carbocycles. The van der Waals surface area contributed by atoms with Gasteiger partial charge >= 0.3 is 0 Å². The largest absolute Gasteiger partial charge is 0.298 e. The van der Waals surface area contributed by atoms with Crippen LogP contribution in [-0.4, -0.2) is 6.10 Å². The van der Waals surface area contributed by atoms with E-state index in [0.717, 1.165) is 5.92 Å². The molecule has 1 aromatic heterocycles. The van der Waals surface area contributed by atoms with Crippen LogP contribution < -0.4 is 5.48 Å². The summed E-state index contributed by atoms with van der Waals surface area (Å²) < 4.78 is 0. The van der Waals surface area contributed by atoms with Gasteiger partial charge in [-0.15, -0.1) is 11.3 Å². The SMILES string of the molecule is c1csc(C(NOC2CCCC2)C2CC2)c1. The van der Waals surface area contributed by atoms with Gasteiger partial charge in [-0.2, -0.15) is 5.48 Å². The lowest BCUT2D eigenvalue weighted by Crippen LogP contribution is -2.27. The molecule has 0 spiro atoms. The third kappa shape index (κ3) is 2.47. The van der Waals surface area contributed by atoms with Crippen LogP contribution in [0.2, 0.25) is 0 Å².